The second kappa shape index (κ2) is 3.63. The van der Waals surface area contributed by atoms with Crippen LogP contribution in [0.25, 0.3) is 0 Å². The van der Waals surface area contributed by atoms with Gasteiger partial charge in [-0.15, -0.1) is 6.42 Å². The van der Waals surface area contributed by atoms with Crippen molar-refractivity contribution in [2.45, 2.75) is 13.0 Å². The van der Waals surface area contributed by atoms with Crippen LogP contribution in [-0.2, 0) is 0 Å². The Balaban J connectivity index is 2.71. The highest BCUT2D eigenvalue weighted by Gasteiger charge is 1.99. The standard InChI is InChI=1S/C9H10N2O/c1-3-7(2)12-9-6-8(10)4-5-11-9/h1,4-7H,2H3,(H2,10,11). The highest BCUT2D eigenvalue weighted by molar-refractivity contribution is 5.39. The van der Waals surface area contributed by atoms with Crippen LogP contribution < -0.4 is 10.5 Å². The molecule has 3 nitrogen and oxygen atoms in total. The summed E-state index contributed by atoms with van der Waals surface area (Å²) in [6.07, 6.45) is 6.42. The Kier molecular flexibility index (Phi) is 2.54. The SMILES string of the molecule is C#CC(C)Oc1cc(N)ccn1. The van der Waals surface area contributed by atoms with Crippen molar-refractivity contribution in [3.63, 3.8) is 0 Å². The van der Waals surface area contributed by atoms with Gasteiger partial charge in [0.2, 0.25) is 5.88 Å². The number of anilines is 1. The van der Waals surface area contributed by atoms with Crippen molar-refractivity contribution in [2.75, 3.05) is 5.73 Å². The van der Waals surface area contributed by atoms with E-state index in [-0.39, 0.29) is 6.10 Å². The van der Waals surface area contributed by atoms with Gasteiger partial charge in [0.1, 0.15) is 0 Å². The minimum atomic E-state index is -0.278. The first-order valence-corrected chi connectivity index (χ1v) is 3.56. The number of pyridine rings is 1. The molecule has 0 aromatic carbocycles. The van der Waals surface area contributed by atoms with Crippen molar-refractivity contribution in [3.8, 4) is 18.2 Å². The van der Waals surface area contributed by atoms with Gasteiger partial charge in [0.05, 0.1) is 0 Å². The van der Waals surface area contributed by atoms with Gasteiger partial charge in [0.25, 0.3) is 0 Å². The molecule has 1 aromatic heterocycles. The van der Waals surface area contributed by atoms with Crippen LogP contribution in [0.15, 0.2) is 18.3 Å². The van der Waals surface area contributed by atoms with E-state index in [2.05, 4.69) is 10.9 Å². The van der Waals surface area contributed by atoms with Crippen LogP contribution in [0.5, 0.6) is 5.88 Å². The van der Waals surface area contributed by atoms with Gasteiger partial charge in [-0.3, -0.25) is 0 Å². The van der Waals surface area contributed by atoms with E-state index in [1.807, 2.05) is 0 Å². The van der Waals surface area contributed by atoms with Crippen molar-refractivity contribution in [3.05, 3.63) is 18.3 Å². The fourth-order valence-electron chi connectivity index (χ4n) is 0.704. The predicted octanol–water partition coefficient (Wildman–Crippen LogP) is 1.06. The van der Waals surface area contributed by atoms with Crippen LogP contribution in [0.4, 0.5) is 5.69 Å². The van der Waals surface area contributed by atoms with Gasteiger partial charge in [0.15, 0.2) is 6.10 Å². The van der Waals surface area contributed by atoms with E-state index in [0.717, 1.165) is 0 Å². The molecule has 1 heterocycles. The van der Waals surface area contributed by atoms with E-state index in [9.17, 15) is 0 Å². The first kappa shape index (κ1) is 8.41. The summed E-state index contributed by atoms with van der Waals surface area (Å²) in [5.74, 6) is 2.89. The van der Waals surface area contributed by atoms with Crippen LogP contribution in [0, 0.1) is 12.3 Å². The van der Waals surface area contributed by atoms with E-state index >= 15 is 0 Å². The maximum Gasteiger partial charge on any atom is 0.216 e. The fourth-order valence-corrected chi connectivity index (χ4v) is 0.704. The first-order chi connectivity index (χ1) is 5.72. The average molecular weight is 162 g/mol. The summed E-state index contributed by atoms with van der Waals surface area (Å²) < 4.78 is 5.22. The van der Waals surface area contributed by atoms with E-state index in [1.54, 1.807) is 25.3 Å². The van der Waals surface area contributed by atoms with Crippen molar-refractivity contribution in [1.82, 2.24) is 4.98 Å². The molecule has 0 saturated carbocycles. The minimum absolute atomic E-state index is 0.278. The molecule has 1 unspecified atom stereocenters. The number of ether oxygens (including phenoxy) is 1. The predicted molar refractivity (Wildman–Crippen MR) is 47.6 cm³/mol. The highest BCUT2D eigenvalue weighted by atomic mass is 16.5. The van der Waals surface area contributed by atoms with Gasteiger partial charge in [-0.05, 0) is 13.0 Å². The Morgan fingerprint density at radius 3 is 3.08 bits per heavy atom. The normalized spacial score (nSPS) is 11.7. The number of aromatic nitrogens is 1. The topological polar surface area (TPSA) is 48.1 Å². The fraction of sp³-hybridized carbons (Fsp3) is 0.222. The molecule has 0 fully saturated rings. The lowest BCUT2D eigenvalue weighted by molar-refractivity contribution is 0.268. The lowest BCUT2D eigenvalue weighted by Gasteiger charge is -2.07. The molecule has 0 amide bonds. The first-order valence-electron chi connectivity index (χ1n) is 3.56. The summed E-state index contributed by atoms with van der Waals surface area (Å²) in [6, 6.07) is 3.32. The number of rotatable bonds is 2. The van der Waals surface area contributed by atoms with E-state index in [0.29, 0.717) is 11.6 Å². The Bertz CT molecular complexity index is 304. The number of nitrogens with zero attached hydrogens (tertiary/aromatic N) is 1. The Labute approximate surface area is 71.6 Å². The van der Waals surface area contributed by atoms with Gasteiger partial charge in [-0.1, -0.05) is 5.92 Å². The van der Waals surface area contributed by atoms with E-state index < -0.39 is 0 Å². The number of nitrogens with two attached hydrogens (primary N) is 1. The summed E-state index contributed by atoms with van der Waals surface area (Å²) >= 11 is 0. The molecule has 3 heteroatoms. The summed E-state index contributed by atoms with van der Waals surface area (Å²) in [7, 11) is 0. The van der Waals surface area contributed by atoms with Crippen molar-refractivity contribution in [2.24, 2.45) is 0 Å². The molecule has 2 N–H and O–H groups in total. The maximum absolute atomic E-state index is 5.50. The molecular formula is C9H10N2O. The van der Waals surface area contributed by atoms with Crippen LogP contribution in [0.1, 0.15) is 6.92 Å². The zero-order valence-electron chi connectivity index (χ0n) is 6.82. The van der Waals surface area contributed by atoms with E-state index in [1.165, 1.54) is 0 Å². The van der Waals surface area contributed by atoms with Gasteiger partial charge < -0.3 is 10.5 Å². The molecule has 0 radical (unpaired) electrons. The van der Waals surface area contributed by atoms with Crippen LogP contribution in [0.2, 0.25) is 0 Å². The molecule has 0 aliphatic heterocycles. The molecule has 0 aliphatic carbocycles. The van der Waals surface area contributed by atoms with Crippen molar-refractivity contribution >= 4 is 5.69 Å². The molecule has 12 heavy (non-hydrogen) atoms. The third-order valence-electron chi connectivity index (χ3n) is 1.29. The molecule has 1 atom stereocenters. The van der Waals surface area contributed by atoms with Crippen molar-refractivity contribution < 1.29 is 4.74 Å². The monoisotopic (exact) mass is 162 g/mol. The minimum Gasteiger partial charge on any atom is -0.461 e. The van der Waals surface area contributed by atoms with Crippen molar-refractivity contribution in [1.29, 1.82) is 0 Å². The zero-order chi connectivity index (χ0) is 8.97. The van der Waals surface area contributed by atoms with Crippen LogP contribution in [-0.4, -0.2) is 11.1 Å². The lowest BCUT2D eigenvalue weighted by Crippen LogP contribution is -2.09. The van der Waals surface area contributed by atoms with Crippen LogP contribution >= 0.6 is 0 Å². The van der Waals surface area contributed by atoms with Crippen LogP contribution in [0.3, 0.4) is 0 Å². The van der Waals surface area contributed by atoms with Gasteiger partial charge in [0, 0.05) is 18.0 Å². The summed E-state index contributed by atoms with van der Waals surface area (Å²) in [6.45, 7) is 1.77. The third-order valence-corrected chi connectivity index (χ3v) is 1.29. The summed E-state index contributed by atoms with van der Waals surface area (Å²) in [5.41, 5.74) is 6.12. The molecular weight excluding hydrogens is 152 g/mol. The molecule has 0 bridgehead atoms. The Hall–Kier alpha value is -1.69. The maximum atomic E-state index is 5.50. The largest absolute Gasteiger partial charge is 0.461 e. The summed E-state index contributed by atoms with van der Waals surface area (Å²) in [5, 5.41) is 0. The van der Waals surface area contributed by atoms with Gasteiger partial charge in [-0.25, -0.2) is 4.98 Å². The molecule has 62 valence electrons. The third kappa shape index (κ3) is 2.17. The highest BCUT2D eigenvalue weighted by Crippen LogP contribution is 2.11. The molecule has 1 rings (SSSR count). The smallest absolute Gasteiger partial charge is 0.216 e. The number of nitrogen functional groups attached to an aromatic ring is 1. The van der Waals surface area contributed by atoms with Gasteiger partial charge in [-0.2, -0.15) is 0 Å². The quantitative estimate of drug-likeness (QED) is 0.661. The Morgan fingerprint density at radius 2 is 2.50 bits per heavy atom. The number of hydrogen-bond acceptors (Lipinski definition) is 3. The summed E-state index contributed by atoms with van der Waals surface area (Å²) in [4.78, 5) is 3.93. The lowest BCUT2D eigenvalue weighted by atomic mass is 10.4. The Morgan fingerprint density at radius 1 is 1.75 bits per heavy atom. The number of hydrogen-bond donors (Lipinski definition) is 1. The molecule has 0 aliphatic rings. The van der Waals surface area contributed by atoms with E-state index in [4.69, 9.17) is 16.9 Å². The van der Waals surface area contributed by atoms with Gasteiger partial charge >= 0.3 is 0 Å². The molecule has 0 saturated heterocycles. The number of terminal acetylenes is 1. The average Bonchev–Trinajstić information content (AvgIpc) is 2.04. The second-order valence-electron chi connectivity index (χ2n) is 2.35. The zero-order valence-corrected chi connectivity index (χ0v) is 6.82. The molecule has 1 aromatic rings. The second-order valence-corrected chi connectivity index (χ2v) is 2.35. The molecule has 0 spiro atoms.